The summed E-state index contributed by atoms with van der Waals surface area (Å²) in [5.41, 5.74) is 9.78. The Bertz CT molecular complexity index is 2170. The van der Waals surface area contributed by atoms with E-state index in [1.807, 2.05) is 73.6 Å². The molecule has 2 aliphatic rings. The molecule has 59 heavy (non-hydrogen) atoms. The van der Waals surface area contributed by atoms with Crippen molar-refractivity contribution in [3.8, 4) is 45.3 Å². The monoisotopic (exact) mass is 814 g/mol. The second-order valence-electron chi connectivity index (χ2n) is 15.3. The molecule has 0 unspecified atom stereocenters. The Kier molecular flexibility index (Phi) is 16.4. The summed E-state index contributed by atoms with van der Waals surface area (Å²) in [6.45, 7) is 12.7. The first-order valence-electron chi connectivity index (χ1n) is 20.4. The first-order chi connectivity index (χ1) is 28.1. The molecule has 6 rings (SSSR count). The molecule has 2 aliphatic heterocycles. The van der Waals surface area contributed by atoms with Crippen LogP contribution in [0.3, 0.4) is 0 Å². The van der Waals surface area contributed by atoms with Crippen LogP contribution in [0.5, 0.6) is 23.0 Å². The van der Waals surface area contributed by atoms with Gasteiger partial charge in [-0.2, -0.15) is 0 Å². The molecule has 13 heteroatoms. The summed E-state index contributed by atoms with van der Waals surface area (Å²) in [5.74, 6) is 3.08. The number of fused-ring (bicyclic) bond motifs is 2. The lowest BCUT2D eigenvalue weighted by Gasteiger charge is -2.29. The Morgan fingerprint density at radius 1 is 0.627 bits per heavy atom. The number of pyridine rings is 2. The molecular weight excluding hydrogens is 749 g/mol. The quantitative estimate of drug-likeness (QED) is 0.191. The van der Waals surface area contributed by atoms with E-state index in [1.165, 1.54) is 0 Å². The van der Waals surface area contributed by atoms with Gasteiger partial charge in [0.1, 0.15) is 23.0 Å². The first kappa shape index (κ1) is 46.6. The predicted molar refractivity (Wildman–Crippen MR) is 236 cm³/mol. The summed E-state index contributed by atoms with van der Waals surface area (Å²) in [6.07, 6.45) is 5.33. The van der Waals surface area contributed by atoms with Gasteiger partial charge in [0, 0.05) is 88.4 Å². The number of aromatic nitrogens is 2. The molecule has 2 aromatic carbocycles. The van der Waals surface area contributed by atoms with Crippen molar-refractivity contribution in [2.75, 3.05) is 76.3 Å². The minimum absolute atomic E-state index is 0.0144. The zero-order valence-corrected chi connectivity index (χ0v) is 37.9. The number of likely N-dealkylation sites (N-methyl/N-ethyl adjacent to an activating group) is 1. The maximum Gasteiger partial charge on any atom is 0.255 e. The summed E-state index contributed by atoms with van der Waals surface area (Å²) in [6, 6.07) is 8.12. The summed E-state index contributed by atoms with van der Waals surface area (Å²) in [7, 11) is 18.3. The highest BCUT2D eigenvalue weighted by Crippen LogP contribution is 2.39. The Morgan fingerprint density at radius 3 is 1.34 bits per heavy atom. The van der Waals surface area contributed by atoms with Gasteiger partial charge in [-0.25, -0.2) is 0 Å². The lowest BCUT2D eigenvalue weighted by Crippen LogP contribution is -2.39. The van der Waals surface area contributed by atoms with Crippen molar-refractivity contribution >= 4 is 5.91 Å². The molecule has 322 valence electrons. The summed E-state index contributed by atoms with van der Waals surface area (Å²) in [5, 5.41) is 0. The van der Waals surface area contributed by atoms with Crippen molar-refractivity contribution in [3.05, 3.63) is 90.7 Å². The first-order valence-corrected chi connectivity index (χ1v) is 20.4. The molecule has 0 fully saturated rings. The van der Waals surface area contributed by atoms with Crippen molar-refractivity contribution in [2.45, 2.75) is 66.7 Å². The summed E-state index contributed by atoms with van der Waals surface area (Å²) >= 11 is 0. The van der Waals surface area contributed by atoms with Crippen LogP contribution in [0, 0.1) is 0 Å². The number of hydrogen-bond acceptors (Lipinski definition) is 10. The Hall–Kier alpha value is -5.11. The van der Waals surface area contributed by atoms with E-state index < -0.39 is 0 Å². The Labute approximate surface area is 350 Å². The van der Waals surface area contributed by atoms with Crippen LogP contribution in [-0.2, 0) is 57.9 Å². The van der Waals surface area contributed by atoms with Crippen LogP contribution < -0.4 is 30.1 Å². The molecule has 13 nitrogen and oxygen atoms in total. The van der Waals surface area contributed by atoms with Crippen LogP contribution in [-0.4, -0.2) is 111 Å². The van der Waals surface area contributed by atoms with E-state index in [0.717, 1.165) is 99.1 Å². The second-order valence-corrected chi connectivity index (χ2v) is 15.3. The number of methoxy groups -OCH3 is 4. The molecule has 1 amide bonds. The van der Waals surface area contributed by atoms with E-state index in [2.05, 4.69) is 33.8 Å². The van der Waals surface area contributed by atoms with Gasteiger partial charge < -0.3 is 42.8 Å². The van der Waals surface area contributed by atoms with Crippen molar-refractivity contribution in [1.29, 1.82) is 0 Å². The number of carbonyl (C=O) groups is 1. The van der Waals surface area contributed by atoms with Gasteiger partial charge in [0.15, 0.2) is 0 Å². The largest absolute Gasteiger partial charge is 0.496 e. The lowest BCUT2D eigenvalue weighted by atomic mass is 9.91. The molecule has 0 saturated carbocycles. The highest BCUT2D eigenvalue weighted by Gasteiger charge is 2.27. The van der Waals surface area contributed by atoms with Crippen LogP contribution >= 0.6 is 0 Å². The second kappa shape index (κ2) is 20.7. The Morgan fingerprint density at radius 2 is 1.00 bits per heavy atom. The number of ether oxygens (including phenoxy) is 4. The summed E-state index contributed by atoms with van der Waals surface area (Å²) < 4.78 is 26.0. The predicted octanol–water partition coefficient (Wildman–Crippen LogP) is 5.57. The van der Waals surface area contributed by atoms with Crippen molar-refractivity contribution in [3.63, 3.8) is 0 Å². The summed E-state index contributed by atoms with van der Waals surface area (Å²) in [4.78, 5) is 45.5. The maximum absolute atomic E-state index is 12.8. The smallest absolute Gasteiger partial charge is 0.255 e. The lowest BCUT2D eigenvalue weighted by molar-refractivity contribution is -0.129. The van der Waals surface area contributed by atoms with Gasteiger partial charge in [0.2, 0.25) is 5.91 Å². The zero-order valence-electron chi connectivity index (χ0n) is 37.9. The molecule has 0 spiro atoms. The van der Waals surface area contributed by atoms with Crippen LogP contribution in [0.2, 0.25) is 0 Å². The van der Waals surface area contributed by atoms with Crippen molar-refractivity contribution in [1.82, 2.24) is 28.7 Å². The van der Waals surface area contributed by atoms with Gasteiger partial charge in [-0.15, -0.1) is 0 Å². The fourth-order valence-electron chi connectivity index (χ4n) is 7.92. The van der Waals surface area contributed by atoms with Crippen molar-refractivity contribution < 1.29 is 23.7 Å². The molecule has 4 heterocycles. The number of carbonyl (C=O) groups excluding carboxylic acids is 1. The van der Waals surface area contributed by atoms with Crippen LogP contribution in [0.4, 0.5) is 0 Å². The third kappa shape index (κ3) is 10.4. The molecule has 2 aromatic heterocycles. The number of aryl methyl sites for hydroxylation is 2. The van der Waals surface area contributed by atoms with E-state index >= 15 is 0 Å². The van der Waals surface area contributed by atoms with Crippen LogP contribution in [0.1, 0.15) is 61.1 Å². The van der Waals surface area contributed by atoms with Gasteiger partial charge in [-0.3, -0.25) is 19.3 Å². The van der Waals surface area contributed by atoms with E-state index in [9.17, 15) is 14.4 Å². The van der Waals surface area contributed by atoms with Crippen LogP contribution in [0.15, 0.2) is 46.2 Å². The minimum atomic E-state index is -0.0575. The fraction of sp³-hybridized carbons (Fsp3) is 0.500. The van der Waals surface area contributed by atoms with Gasteiger partial charge in [-0.1, -0.05) is 20.8 Å². The topological polar surface area (TPSA) is 111 Å². The van der Waals surface area contributed by atoms with Gasteiger partial charge in [-0.05, 0) is 94.1 Å². The molecule has 0 N–H and O–H groups in total. The highest BCUT2D eigenvalue weighted by molar-refractivity contribution is 5.76. The molecule has 0 aliphatic carbocycles. The Balaban J connectivity index is 0.000000250. The maximum atomic E-state index is 12.8. The molecule has 0 atom stereocenters. The van der Waals surface area contributed by atoms with Crippen LogP contribution in [0.25, 0.3) is 22.3 Å². The SMILES string of the molecule is CC.CCN1CCc2c(-c3cc(OC)c(CN(C)C)c(OC)c3)cn(C)c(=O)c2C1.COc1cc(-c2cn(C)c(=O)c3c2CCN(C(C)=O)C3)cc(OC)c1CN(C)C. The number of hydrogen-bond donors (Lipinski definition) is 0. The van der Waals surface area contributed by atoms with Gasteiger partial charge >= 0.3 is 0 Å². The third-order valence-electron chi connectivity index (χ3n) is 10.9. The van der Waals surface area contributed by atoms with E-state index in [-0.39, 0.29) is 17.0 Å². The average Bonchev–Trinajstić information content (AvgIpc) is 3.23. The zero-order chi connectivity index (χ0) is 43.7. The van der Waals surface area contributed by atoms with E-state index in [4.69, 9.17) is 18.9 Å². The van der Waals surface area contributed by atoms with Gasteiger partial charge in [0.05, 0.1) is 46.1 Å². The third-order valence-corrected chi connectivity index (χ3v) is 10.9. The average molecular weight is 815 g/mol. The van der Waals surface area contributed by atoms with E-state index in [1.54, 1.807) is 56.4 Å². The molecule has 4 aromatic rings. The number of rotatable bonds is 11. The number of nitrogens with zero attached hydrogens (tertiary/aromatic N) is 6. The number of amides is 1. The molecule has 0 bridgehead atoms. The van der Waals surface area contributed by atoms with E-state index in [0.29, 0.717) is 38.2 Å². The molecule has 0 saturated heterocycles. The number of benzene rings is 2. The van der Waals surface area contributed by atoms with Gasteiger partial charge in [0.25, 0.3) is 11.1 Å². The fourth-order valence-corrected chi connectivity index (χ4v) is 7.92. The minimum Gasteiger partial charge on any atom is -0.496 e. The molecular formula is C46H66N6O7. The standard InChI is InChI=1S/C22H29N3O4.C22H31N3O3.C2H6/c1-14(26)25-8-7-16-17(12-24(4)22(27)18(16)13-25)15-9-20(28-5)19(11-23(2)3)21(10-15)29-6;1-7-25-9-8-16-17(13-24(4)22(26)18(16)14-25)15-10-20(27-5)19(12-23(2)3)21(11-15)28-6;1-2/h9-10,12H,7-8,11,13H2,1-6H3;10-11,13H,7-9,12,14H2,1-6H3;1-2H3. The highest BCUT2D eigenvalue weighted by atomic mass is 16.5. The van der Waals surface area contributed by atoms with Crippen molar-refractivity contribution in [2.24, 2.45) is 14.1 Å². The normalized spacial score (nSPS) is 13.5. The molecule has 0 radical (unpaired) electrons.